The first kappa shape index (κ1) is 13.5. The van der Waals surface area contributed by atoms with Crippen LogP contribution in [0.3, 0.4) is 0 Å². The van der Waals surface area contributed by atoms with Crippen molar-refractivity contribution in [2.75, 3.05) is 0 Å². The Bertz CT molecular complexity index is 607. The molecule has 4 rings (SSSR count). The molecule has 1 N–H and O–H groups in total. The van der Waals surface area contributed by atoms with E-state index < -0.39 is 6.10 Å². The lowest BCUT2D eigenvalue weighted by molar-refractivity contribution is -0.115. The molecule has 2 nitrogen and oxygen atoms in total. The van der Waals surface area contributed by atoms with Crippen LogP contribution in [0.25, 0.3) is 0 Å². The minimum atomic E-state index is -0.464. The zero-order valence-electron chi connectivity index (χ0n) is 13.0. The fraction of sp³-hybridized carbons (Fsp3) is 0.632. The second-order valence-corrected chi connectivity index (χ2v) is 7.59. The molecule has 0 radical (unpaired) electrons. The number of hydrogen-bond donors (Lipinski definition) is 1. The van der Waals surface area contributed by atoms with Crippen LogP contribution in [0, 0.1) is 17.3 Å². The van der Waals surface area contributed by atoms with Gasteiger partial charge in [-0.05, 0) is 60.3 Å². The van der Waals surface area contributed by atoms with Crippen molar-refractivity contribution < 1.29 is 9.90 Å². The second kappa shape index (κ2) is 4.42. The van der Waals surface area contributed by atoms with Crippen molar-refractivity contribution in [1.82, 2.24) is 0 Å². The van der Waals surface area contributed by atoms with Crippen LogP contribution in [0.5, 0.6) is 0 Å². The maximum atomic E-state index is 11.8. The smallest absolute Gasteiger partial charge is 0.155 e. The normalized spacial score (nSPS) is 42.0. The van der Waals surface area contributed by atoms with E-state index in [1.54, 1.807) is 6.08 Å². The molecular weight excluding hydrogens is 260 g/mol. The van der Waals surface area contributed by atoms with Gasteiger partial charge in [0.15, 0.2) is 5.78 Å². The number of ketones is 1. The molecule has 0 aliphatic heterocycles. The summed E-state index contributed by atoms with van der Waals surface area (Å²) in [6.07, 6.45) is 9.51. The first-order valence-corrected chi connectivity index (χ1v) is 8.36. The van der Waals surface area contributed by atoms with Crippen molar-refractivity contribution in [3.8, 4) is 0 Å². The monoisotopic (exact) mass is 284 g/mol. The first-order chi connectivity index (χ1) is 10.0. The van der Waals surface area contributed by atoms with Crippen LogP contribution in [0.4, 0.5) is 0 Å². The van der Waals surface area contributed by atoms with Crippen LogP contribution in [-0.2, 0) is 4.79 Å². The SMILES string of the molecule is CC1CC=C2C3=C(CCC21)C1(C)CCC(=O)C=C1C(O)C3. The van der Waals surface area contributed by atoms with Crippen LogP contribution < -0.4 is 0 Å². The third-order valence-electron chi connectivity index (χ3n) is 6.46. The van der Waals surface area contributed by atoms with Crippen molar-refractivity contribution in [3.63, 3.8) is 0 Å². The molecular formula is C19H24O2. The quantitative estimate of drug-likeness (QED) is 0.736. The maximum Gasteiger partial charge on any atom is 0.155 e. The van der Waals surface area contributed by atoms with E-state index in [1.165, 1.54) is 29.6 Å². The van der Waals surface area contributed by atoms with Gasteiger partial charge in [0.1, 0.15) is 0 Å². The number of hydrogen-bond acceptors (Lipinski definition) is 2. The summed E-state index contributed by atoms with van der Waals surface area (Å²) in [5, 5.41) is 10.6. The highest BCUT2D eigenvalue weighted by atomic mass is 16.3. The van der Waals surface area contributed by atoms with E-state index in [1.807, 2.05) is 0 Å². The Morgan fingerprint density at radius 2 is 2.14 bits per heavy atom. The summed E-state index contributed by atoms with van der Waals surface area (Å²) in [6.45, 7) is 4.60. The molecule has 0 amide bonds. The Kier molecular flexibility index (Phi) is 2.85. The Balaban J connectivity index is 1.85. The van der Waals surface area contributed by atoms with Crippen LogP contribution in [-0.4, -0.2) is 17.0 Å². The third-order valence-corrected chi connectivity index (χ3v) is 6.46. The highest BCUT2D eigenvalue weighted by Gasteiger charge is 2.47. The average Bonchev–Trinajstić information content (AvgIpc) is 2.83. The summed E-state index contributed by atoms with van der Waals surface area (Å²) >= 11 is 0. The Hall–Kier alpha value is -1.15. The Labute approximate surface area is 126 Å². The lowest BCUT2D eigenvalue weighted by atomic mass is 9.57. The zero-order valence-corrected chi connectivity index (χ0v) is 13.0. The fourth-order valence-electron chi connectivity index (χ4n) is 5.21. The summed E-state index contributed by atoms with van der Waals surface area (Å²) < 4.78 is 0. The molecule has 4 unspecified atom stereocenters. The summed E-state index contributed by atoms with van der Waals surface area (Å²) in [4.78, 5) is 11.8. The van der Waals surface area contributed by atoms with Gasteiger partial charge in [0.2, 0.25) is 0 Å². The lowest BCUT2D eigenvalue weighted by Crippen LogP contribution is -2.40. The molecule has 4 atom stereocenters. The summed E-state index contributed by atoms with van der Waals surface area (Å²) in [5.41, 5.74) is 5.42. The second-order valence-electron chi connectivity index (χ2n) is 7.59. The predicted molar refractivity (Wildman–Crippen MR) is 82.7 cm³/mol. The van der Waals surface area contributed by atoms with E-state index in [9.17, 15) is 9.90 Å². The van der Waals surface area contributed by atoms with Gasteiger partial charge >= 0.3 is 0 Å². The minimum absolute atomic E-state index is 0.0709. The number of allylic oxidation sites excluding steroid dienone is 4. The van der Waals surface area contributed by atoms with Gasteiger partial charge < -0.3 is 5.11 Å². The van der Waals surface area contributed by atoms with Crippen LogP contribution in [0.1, 0.15) is 52.4 Å². The number of carbonyl (C=O) groups is 1. The molecule has 0 saturated carbocycles. The van der Waals surface area contributed by atoms with E-state index in [-0.39, 0.29) is 11.2 Å². The van der Waals surface area contributed by atoms with Gasteiger partial charge in [-0.15, -0.1) is 0 Å². The van der Waals surface area contributed by atoms with E-state index >= 15 is 0 Å². The summed E-state index contributed by atoms with van der Waals surface area (Å²) in [7, 11) is 0. The highest BCUT2D eigenvalue weighted by molar-refractivity contribution is 5.92. The Morgan fingerprint density at radius 3 is 2.95 bits per heavy atom. The van der Waals surface area contributed by atoms with Gasteiger partial charge in [0.05, 0.1) is 6.10 Å². The standard InChI is InChI=1S/C19H24O2/c1-11-3-4-14-13(11)5-6-16-15(14)10-18(21)17-9-12(20)7-8-19(16,17)2/h4,9,11,13,18,21H,3,5-8,10H2,1-2H3. The summed E-state index contributed by atoms with van der Waals surface area (Å²) in [6, 6.07) is 0. The minimum Gasteiger partial charge on any atom is -0.388 e. The maximum absolute atomic E-state index is 11.8. The number of aliphatic hydroxyl groups excluding tert-OH is 1. The molecule has 0 spiro atoms. The average molecular weight is 284 g/mol. The zero-order chi connectivity index (χ0) is 14.8. The van der Waals surface area contributed by atoms with Crippen LogP contribution >= 0.6 is 0 Å². The number of aliphatic hydroxyl groups is 1. The van der Waals surface area contributed by atoms with Crippen LogP contribution in [0.2, 0.25) is 0 Å². The number of rotatable bonds is 0. The molecule has 0 heterocycles. The van der Waals surface area contributed by atoms with Gasteiger partial charge in [-0.1, -0.05) is 25.5 Å². The topological polar surface area (TPSA) is 37.3 Å². The van der Waals surface area contributed by atoms with Gasteiger partial charge in [0.25, 0.3) is 0 Å². The Morgan fingerprint density at radius 1 is 1.33 bits per heavy atom. The molecule has 0 aromatic carbocycles. The van der Waals surface area contributed by atoms with E-state index in [2.05, 4.69) is 19.9 Å². The van der Waals surface area contributed by atoms with Crippen molar-refractivity contribution in [2.24, 2.45) is 17.3 Å². The molecule has 2 heteroatoms. The predicted octanol–water partition coefficient (Wildman–Crippen LogP) is 3.72. The van der Waals surface area contributed by atoms with Crippen molar-refractivity contribution in [2.45, 2.75) is 58.5 Å². The van der Waals surface area contributed by atoms with Gasteiger partial charge in [-0.3, -0.25) is 4.79 Å². The fourth-order valence-corrected chi connectivity index (χ4v) is 5.21. The van der Waals surface area contributed by atoms with Gasteiger partial charge in [0, 0.05) is 18.3 Å². The number of carbonyl (C=O) groups excluding carboxylic acids is 1. The molecule has 0 aromatic rings. The molecule has 0 fully saturated rings. The first-order valence-electron chi connectivity index (χ1n) is 8.36. The molecule has 0 saturated heterocycles. The van der Waals surface area contributed by atoms with Crippen molar-refractivity contribution in [1.29, 1.82) is 0 Å². The van der Waals surface area contributed by atoms with Crippen molar-refractivity contribution >= 4 is 5.78 Å². The van der Waals surface area contributed by atoms with Gasteiger partial charge in [-0.25, -0.2) is 0 Å². The van der Waals surface area contributed by atoms with E-state index in [4.69, 9.17) is 0 Å². The van der Waals surface area contributed by atoms with E-state index in [0.717, 1.165) is 30.8 Å². The molecule has 4 aliphatic carbocycles. The third kappa shape index (κ3) is 1.78. The largest absolute Gasteiger partial charge is 0.388 e. The molecule has 0 bridgehead atoms. The van der Waals surface area contributed by atoms with Crippen molar-refractivity contribution in [3.05, 3.63) is 34.4 Å². The molecule has 112 valence electrons. The molecule has 4 aliphatic rings. The molecule has 0 aromatic heterocycles. The molecule has 21 heavy (non-hydrogen) atoms. The van der Waals surface area contributed by atoms with Crippen LogP contribution in [0.15, 0.2) is 34.4 Å². The summed E-state index contributed by atoms with van der Waals surface area (Å²) in [5.74, 6) is 1.65. The number of fused-ring (bicyclic) bond motifs is 4. The van der Waals surface area contributed by atoms with E-state index in [0.29, 0.717) is 12.3 Å². The highest BCUT2D eigenvalue weighted by Crippen LogP contribution is 2.57. The van der Waals surface area contributed by atoms with Gasteiger partial charge in [-0.2, -0.15) is 0 Å². The lowest BCUT2D eigenvalue weighted by Gasteiger charge is -2.48.